The van der Waals surface area contributed by atoms with Gasteiger partial charge >= 0.3 is 0 Å². The van der Waals surface area contributed by atoms with Crippen LogP contribution in [-0.4, -0.2) is 5.88 Å². The van der Waals surface area contributed by atoms with Crippen molar-refractivity contribution in [2.75, 3.05) is 5.88 Å². The van der Waals surface area contributed by atoms with Gasteiger partial charge in [0.15, 0.2) is 0 Å². The van der Waals surface area contributed by atoms with Crippen molar-refractivity contribution in [3.63, 3.8) is 0 Å². The molecule has 8 heavy (non-hydrogen) atoms. The normalized spacial score (nSPS) is 35.2. The van der Waals surface area contributed by atoms with Gasteiger partial charge in [-0.15, -0.1) is 11.6 Å². The zero-order valence-electron chi connectivity index (χ0n) is 5.36. The molecule has 1 fully saturated rings. The van der Waals surface area contributed by atoms with Crippen molar-refractivity contribution in [1.29, 1.82) is 0 Å². The van der Waals surface area contributed by atoms with Gasteiger partial charge in [0.05, 0.1) is 0 Å². The fourth-order valence-corrected chi connectivity index (χ4v) is 1.60. The average Bonchev–Trinajstić information content (AvgIpc) is 2.48. The van der Waals surface area contributed by atoms with Crippen molar-refractivity contribution < 1.29 is 0 Å². The standard InChI is InChI=1S/C7H13Cl/c1-2-3-6-4-7(6)5-8/h6-7H,2-5H2,1H3. The van der Waals surface area contributed by atoms with Gasteiger partial charge in [-0.3, -0.25) is 0 Å². The molecule has 1 rings (SSSR count). The zero-order valence-corrected chi connectivity index (χ0v) is 6.12. The molecule has 1 aliphatic carbocycles. The third-order valence-corrected chi connectivity index (χ3v) is 2.32. The van der Waals surface area contributed by atoms with Crippen LogP contribution in [0.25, 0.3) is 0 Å². The van der Waals surface area contributed by atoms with E-state index in [1.165, 1.54) is 19.3 Å². The van der Waals surface area contributed by atoms with Crippen LogP contribution in [0.2, 0.25) is 0 Å². The third kappa shape index (κ3) is 1.38. The maximum absolute atomic E-state index is 5.63. The van der Waals surface area contributed by atoms with E-state index in [0.29, 0.717) is 0 Å². The Kier molecular flexibility index (Phi) is 2.18. The topological polar surface area (TPSA) is 0 Å². The second-order valence-corrected chi connectivity index (χ2v) is 3.01. The summed E-state index contributed by atoms with van der Waals surface area (Å²) < 4.78 is 0. The summed E-state index contributed by atoms with van der Waals surface area (Å²) in [4.78, 5) is 0. The van der Waals surface area contributed by atoms with E-state index in [0.717, 1.165) is 17.7 Å². The van der Waals surface area contributed by atoms with E-state index in [9.17, 15) is 0 Å². The second kappa shape index (κ2) is 2.72. The Balaban J connectivity index is 1.99. The van der Waals surface area contributed by atoms with E-state index in [-0.39, 0.29) is 0 Å². The van der Waals surface area contributed by atoms with Crippen molar-refractivity contribution in [3.8, 4) is 0 Å². The Morgan fingerprint density at radius 1 is 1.50 bits per heavy atom. The Hall–Kier alpha value is 0.290. The second-order valence-electron chi connectivity index (χ2n) is 2.70. The summed E-state index contributed by atoms with van der Waals surface area (Å²) in [5.41, 5.74) is 0. The van der Waals surface area contributed by atoms with Crippen molar-refractivity contribution in [3.05, 3.63) is 0 Å². The molecule has 0 spiro atoms. The SMILES string of the molecule is CCCC1CC1CCl. The molecule has 0 radical (unpaired) electrons. The first-order valence-corrected chi connectivity index (χ1v) is 3.98. The quantitative estimate of drug-likeness (QED) is 0.518. The van der Waals surface area contributed by atoms with Crippen LogP contribution in [0, 0.1) is 11.8 Å². The van der Waals surface area contributed by atoms with Gasteiger partial charge < -0.3 is 0 Å². The maximum Gasteiger partial charge on any atom is 0.0254 e. The summed E-state index contributed by atoms with van der Waals surface area (Å²) in [6, 6.07) is 0. The van der Waals surface area contributed by atoms with E-state index >= 15 is 0 Å². The van der Waals surface area contributed by atoms with Crippen LogP contribution in [-0.2, 0) is 0 Å². The summed E-state index contributed by atoms with van der Waals surface area (Å²) in [5, 5.41) is 0. The fraction of sp³-hybridized carbons (Fsp3) is 1.00. The molecular weight excluding hydrogens is 120 g/mol. The molecule has 2 atom stereocenters. The van der Waals surface area contributed by atoms with E-state index in [1.807, 2.05) is 0 Å². The fourth-order valence-electron chi connectivity index (χ4n) is 1.22. The summed E-state index contributed by atoms with van der Waals surface area (Å²) in [6.07, 6.45) is 4.13. The van der Waals surface area contributed by atoms with Crippen LogP contribution in [0.3, 0.4) is 0 Å². The van der Waals surface area contributed by atoms with Crippen LogP contribution in [0.15, 0.2) is 0 Å². The van der Waals surface area contributed by atoms with Gasteiger partial charge in [-0.2, -0.15) is 0 Å². The molecule has 0 aromatic rings. The molecule has 0 aliphatic heterocycles. The molecule has 0 N–H and O–H groups in total. The number of hydrogen-bond acceptors (Lipinski definition) is 0. The lowest BCUT2D eigenvalue weighted by Gasteiger charge is -1.89. The van der Waals surface area contributed by atoms with Crippen LogP contribution in [0.5, 0.6) is 0 Å². The van der Waals surface area contributed by atoms with Crippen LogP contribution in [0.4, 0.5) is 0 Å². The lowest BCUT2D eigenvalue weighted by Crippen LogP contribution is -1.81. The third-order valence-electron chi connectivity index (χ3n) is 1.93. The van der Waals surface area contributed by atoms with Crippen LogP contribution in [0.1, 0.15) is 26.2 Å². The molecular formula is C7H13Cl. The van der Waals surface area contributed by atoms with Gasteiger partial charge in [0, 0.05) is 5.88 Å². The zero-order chi connectivity index (χ0) is 5.98. The summed E-state index contributed by atoms with van der Waals surface area (Å²) >= 11 is 5.63. The summed E-state index contributed by atoms with van der Waals surface area (Å²) in [6.45, 7) is 2.24. The van der Waals surface area contributed by atoms with Gasteiger partial charge in [-0.1, -0.05) is 19.8 Å². The predicted molar refractivity (Wildman–Crippen MR) is 37.2 cm³/mol. The molecule has 2 unspecified atom stereocenters. The minimum Gasteiger partial charge on any atom is -0.126 e. The highest BCUT2D eigenvalue weighted by molar-refractivity contribution is 6.18. The van der Waals surface area contributed by atoms with E-state index in [2.05, 4.69) is 6.92 Å². The van der Waals surface area contributed by atoms with Crippen molar-refractivity contribution in [2.24, 2.45) is 11.8 Å². The lowest BCUT2D eigenvalue weighted by atomic mass is 10.2. The van der Waals surface area contributed by atoms with Gasteiger partial charge in [0.2, 0.25) is 0 Å². The highest BCUT2D eigenvalue weighted by Gasteiger charge is 2.34. The van der Waals surface area contributed by atoms with Crippen molar-refractivity contribution in [1.82, 2.24) is 0 Å². The van der Waals surface area contributed by atoms with Crippen molar-refractivity contribution in [2.45, 2.75) is 26.2 Å². The lowest BCUT2D eigenvalue weighted by molar-refractivity contribution is 0.662. The smallest absolute Gasteiger partial charge is 0.0254 e. The molecule has 1 heteroatoms. The Bertz CT molecular complexity index is 70.8. The predicted octanol–water partition coefficient (Wildman–Crippen LogP) is 2.66. The monoisotopic (exact) mass is 132 g/mol. The first-order chi connectivity index (χ1) is 3.88. The molecule has 0 saturated heterocycles. The van der Waals surface area contributed by atoms with Gasteiger partial charge in [0.25, 0.3) is 0 Å². The van der Waals surface area contributed by atoms with Crippen LogP contribution >= 0.6 is 11.6 Å². The number of hydrogen-bond donors (Lipinski definition) is 0. The average molecular weight is 133 g/mol. The molecule has 0 amide bonds. The molecule has 0 aromatic carbocycles. The molecule has 0 bridgehead atoms. The molecule has 1 saturated carbocycles. The van der Waals surface area contributed by atoms with Crippen LogP contribution < -0.4 is 0 Å². The number of halogens is 1. The van der Waals surface area contributed by atoms with E-state index < -0.39 is 0 Å². The summed E-state index contributed by atoms with van der Waals surface area (Å²) in [5.74, 6) is 2.78. The molecule has 0 heterocycles. The Morgan fingerprint density at radius 2 is 2.25 bits per heavy atom. The van der Waals surface area contributed by atoms with Gasteiger partial charge in [0.1, 0.15) is 0 Å². The minimum absolute atomic E-state index is 0.886. The highest BCUT2D eigenvalue weighted by atomic mass is 35.5. The summed E-state index contributed by atoms with van der Waals surface area (Å²) in [7, 11) is 0. The van der Waals surface area contributed by atoms with E-state index in [4.69, 9.17) is 11.6 Å². The largest absolute Gasteiger partial charge is 0.126 e. The first-order valence-electron chi connectivity index (χ1n) is 3.44. The molecule has 0 nitrogen and oxygen atoms in total. The Labute approximate surface area is 56.2 Å². The molecule has 48 valence electrons. The minimum atomic E-state index is 0.886. The number of rotatable bonds is 3. The highest BCUT2D eigenvalue weighted by Crippen LogP contribution is 2.42. The van der Waals surface area contributed by atoms with Gasteiger partial charge in [-0.05, 0) is 18.3 Å². The number of alkyl halides is 1. The van der Waals surface area contributed by atoms with E-state index in [1.54, 1.807) is 0 Å². The molecule has 1 aliphatic rings. The van der Waals surface area contributed by atoms with Crippen molar-refractivity contribution >= 4 is 11.6 Å². The maximum atomic E-state index is 5.63. The van der Waals surface area contributed by atoms with Gasteiger partial charge in [-0.25, -0.2) is 0 Å². The Morgan fingerprint density at radius 3 is 2.62 bits per heavy atom. The molecule has 0 aromatic heterocycles. The first kappa shape index (κ1) is 6.41.